The molecule has 3 heteroatoms. The van der Waals surface area contributed by atoms with Gasteiger partial charge in [-0.3, -0.25) is 4.79 Å². The van der Waals surface area contributed by atoms with Gasteiger partial charge in [-0.2, -0.15) is 0 Å². The maximum absolute atomic E-state index is 11.6. The number of piperidine rings is 1. The summed E-state index contributed by atoms with van der Waals surface area (Å²) in [6.45, 7) is 7.48. The molecule has 1 unspecified atom stereocenters. The highest BCUT2D eigenvalue weighted by Gasteiger charge is 2.55. The van der Waals surface area contributed by atoms with Crippen molar-refractivity contribution in [3.05, 3.63) is 34.9 Å². The highest BCUT2D eigenvalue weighted by atomic mass is 16.1. The number of nitrogens with zero attached hydrogens (tertiary/aromatic N) is 1. The van der Waals surface area contributed by atoms with Gasteiger partial charge < -0.3 is 10.2 Å². The van der Waals surface area contributed by atoms with Gasteiger partial charge in [-0.25, -0.2) is 0 Å². The average Bonchev–Trinajstić information content (AvgIpc) is 3.31. The van der Waals surface area contributed by atoms with Gasteiger partial charge >= 0.3 is 0 Å². The first-order valence-electron chi connectivity index (χ1n) is 9.11. The maximum atomic E-state index is 11.6. The molecule has 124 valence electrons. The molecular weight excluding hydrogens is 284 g/mol. The van der Waals surface area contributed by atoms with Gasteiger partial charge in [0, 0.05) is 35.7 Å². The number of benzene rings is 1. The molecule has 3 aliphatic rings. The molecule has 1 saturated heterocycles. The zero-order valence-corrected chi connectivity index (χ0v) is 14.6. The van der Waals surface area contributed by atoms with E-state index < -0.39 is 0 Å². The molecular formula is C20H29N2O+. The lowest BCUT2D eigenvalue weighted by Crippen LogP contribution is -2.67. The zero-order chi connectivity index (χ0) is 16.4. The third-order valence-corrected chi connectivity index (χ3v) is 7.34. The van der Waals surface area contributed by atoms with Gasteiger partial charge in [-0.05, 0) is 36.1 Å². The molecule has 4 atom stereocenters. The number of fused-ring (bicyclic) bond motifs is 4. The predicted octanol–water partition coefficient (Wildman–Crippen LogP) is 2.86. The van der Waals surface area contributed by atoms with Crippen LogP contribution in [0, 0.1) is 11.8 Å². The maximum Gasteiger partial charge on any atom is 0.248 e. The van der Waals surface area contributed by atoms with Crippen molar-refractivity contribution in [2.45, 2.75) is 51.0 Å². The number of primary amides is 1. The predicted molar refractivity (Wildman–Crippen MR) is 92.2 cm³/mol. The smallest absolute Gasteiger partial charge is 0.248 e. The molecule has 1 saturated carbocycles. The molecule has 23 heavy (non-hydrogen) atoms. The third-order valence-electron chi connectivity index (χ3n) is 7.34. The van der Waals surface area contributed by atoms with Crippen molar-refractivity contribution in [2.24, 2.45) is 17.6 Å². The fraction of sp³-hybridized carbons (Fsp3) is 0.650. The van der Waals surface area contributed by atoms with Crippen LogP contribution < -0.4 is 5.73 Å². The van der Waals surface area contributed by atoms with E-state index in [1.54, 1.807) is 0 Å². The molecule has 1 amide bonds. The summed E-state index contributed by atoms with van der Waals surface area (Å²) in [7, 11) is 2.49. The number of rotatable bonds is 3. The van der Waals surface area contributed by atoms with Crippen LogP contribution in [0.1, 0.15) is 54.6 Å². The Morgan fingerprint density at radius 3 is 2.78 bits per heavy atom. The normalized spacial score (nSPS) is 38.9. The van der Waals surface area contributed by atoms with E-state index in [1.807, 2.05) is 6.07 Å². The second-order valence-electron chi connectivity index (χ2n) is 8.79. The SMILES string of the molecule is C[C@H]1C2Cc3ccc(C(N)=O)cc3[C@@]1(C)CC[N@@+]2(C)CC1CC1. The lowest BCUT2D eigenvalue weighted by Gasteiger charge is -2.58. The minimum absolute atomic E-state index is 0.186. The second-order valence-corrected chi connectivity index (χ2v) is 8.79. The van der Waals surface area contributed by atoms with Crippen molar-refractivity contribution in [3.63, 3.8) is 0 Å². The minimum atomic E-state index is -0.309. The summed E-state index contributed by atoms with van der Waals surface area (Å²) in [5.41, 5.74) is 9.19. The lowest BCUT2D eigenvalue weighted by atomic mass is 9.58. The Labute approximate surface area is 139 Å². The van der Waals surface area contributed by atoms with E-state index in [2.05, 4.69) is 33.0 Å². The molecule has 0 aromatic heterocycles. The molecule has 1 aromatic carbocycles. The van der Waals surface area contributed by atoms with E-state index in [0.29, 0.717) is 17.5 Å². The van der Waals surface area contributed by atoms with Gasteiger partial charge in [0.25, 0.3) is 0 Å². The van der Waals surface area contributed by atoms with E-state index in [0.717, 1.165) is 12.3 Å². The Hall–Kier alpha value is -1.35. The molecule has 2 bridgehead atoms. The first-order valence-corrected chi connectivity index (χ1v) is 9.11. The molecule has 2 aliphatic carbocycles. The summed E-state index contributed by atoms with van der Waals surface area (Å²) < 4.78 is 1.25. The molecule has 2 fully saturated rings. The molecule has 3 nitrogen and oxygen atoms in total. The summed E-state index contributed by atoms with van der Waals surface area (Å²) >= 11 is 0. The van der Waals surface area contributed by atoms with Crippen molar-refractivity contribution in [1.82, 2.24) is 0 Å². The van der Waals surface area contributed by atoms with Gasteiger partial charge in [-0.15, -0.1) is 0 Å². The van der Waals surface area contributed by atoms with E-state index in [1.165, 1.54) is 48.0 Å². The van der Waals surface area contributed by atoms with Crippen LogP contribution in [0.2, 0.25) is 0 Å². The highest BCUT2D eigenvalue weighted by Crippen LogP contribution is 2.51. The number of likely N-dealkylation sites (tertiary alicyclic amines) is 1. The Balaban J connectivity index is 1.76. The molecule has 1 heterocycles. The summed E-state index contributed by atoms with van der Waals surface area (Å²) in [4.78, 5) is 11.6. The third kappa shape index (κ3) is 2.24. The monoisotopic (exact) mass is 313 g/mol. The fourth-order valence-corrected chi connectivity index (χ4v) is 5.40. The Morgan fingerprint density at radius 1 is 1.39 bits per heavy atom. The number of hydrogen-bond acceptors (Lipinski definition) is 1. The standard InChI is InChI=1S/C20H28N2O/c1-13-18-11-15-6-7-16(19(21)23)10-17(15)20(13,2)8-9-22(18,3)12-14-4-5-14/h6-7,10,13-14,18H,4-5,8-9,11-12H2,1-3H3,(H-,21,23)/p+1/t13-,18?,20-,22-/m0/s1. The van der Waals surface area contributed by atoms with Crippen molar-refractivity contribution < 1.29 is 9.28 Å². The Morgan fingerprint density at radius 2 is 2.13 bits per heavy atom. The van der Waals surface area contributed by atoms with Crippen LogP contribution in [0.25, 0.3) is 0 Å². The van der Waals surface area contributed by atoms with E-state index in [-0.39, 0.29) is 11.3 Å². The zero-order valence-electron chi connectivity index (χ0n) is 14.6. The lowest BCUT2D eigenvalue weighted by molar-refractivity contribution is -0.946. The molecule has 0 spiro atoms. The summed E-state index contributed by atoms with van der Waals surface area (Å²) in [5.74, 6) is 1.31. The largest absolute Gasteiger partial charge is 0.366 e. The molecule has 0 radical (unpaired) electrons. The second kappa shape index (κ2) is 4.83. The highest BCUT2D eigenvalue weighted by molar-refractivity contribution is 5.93. The number of hydrogen-bond donors (Lipinski definition) is 1. The van der Waals surface area contributed by atoms with Crippen LogP contribution in [0.3, 0.4) is 0 Å². The van der Waals surface area contributed by atoms with Gasteiger partial charge in [0.2, 0.25) is 5.91 Å². The van der Waals surface area contributed by atoms with Crippen LogP contribution in [-0.2, 0) is 11.8 Å². The van der Waals surface area contributed by atoms with Crippen LogP contribution in [0.4, 0.5) is 0 Å². The minimum Gasteiger partial charge on any atom is -0.366 e. The number of nitrogens with two attached hydrogens (primary N) is 1. The Kier molecular flexibility index (Phi) is 3.19. The van der Waals surface area contributed by atoms with Gasteiger partial charge in [0.05, 0.1) is 26.2 Å². The van der Waals surface area contributed by atoms with Gasteiger partial charge in [0.15, 0.2) is 0 Å². The molecule has 1 aromatic rings. The van der Waals surface area contributed by atoms with Gasteiger partial charge in [0.1, 0.15) is 0 Å². The van der Waals surface area contributed by atoms with Crippen molar-refractivity contribution >= 4 is 5.91 Å². The van der Waals surface area contributed by atoms with Crippen molar-refractivity contribution in [1.29, 1.82) is 0 Å². The number of quaternary nitrogens is 1. The first-order chi connectivity index (χ1) is 10.8. The number of amides is 1. The number of likely N-dealkylation sites (N-methyl/N-ethyl adjacent to an activating group) is 1. The summed E-state index contributed by atoms with van der Waals surface area (Å²) in [6.07, 6.45) is 5.23. The average molecular weight is 313 g/mol. The Bertz CT molecular complexity index is 666. The van der Waals surface area contributed by atoms with Crippen molar-refractivity contribution in [2.75, 3.05) is 20.1 Å². The topological polar surface area (TPSA) is 43.1 Å². The number of carbonyl (C=O) groups is 1. The van der Waals surface area contributed by atoms with E-state index in [9.17, 15) is 4.79 Å². The number of carbonyl (C=O) groups excluding carboxylic acids is 1. The van der Waals surface area contributed by atoms with Gasteiger partial charge in [-0.1, -0.05) is 19.9 Å². The summed E-state index contributed by atoms with van der Waals surface area (Å²) in [6, 6.07) is 6.88. The summed E-state index contributed by atoms with van der Waals surface area (Å²) in [5, 5.41) is 0. The molecule has 1 aliphatic heterocycles. The van der Waals surface area contributed by atoms with Crippen LogP contribution in [0.15, 0.2) is 18.2 Å². The quantitative estimate of drug-likeness (QED) is 0.857. The van der Waals surface area contributed by atoms with E-state index in [4.69, 9.17) is 5.73 Å². The van der Waals surface area contributed by atoms with Crippen LogP contribution in [-0.4, -0.2) is 36.6 Å². The van der Waals surface area contributed by atoms with Crippen molar-refractivity contribution in [3.8, 4) is 0 Å². The fourth-order valence-electron chi connectivity index (χ4n) is 5.40. The molecule has 2 N–H and O–H groups in total. The van der Waals surface area contributed by atoms with Crippen LogP contribution >= 0.6 is 0 Å². The van der Waals surface area contributed by atoms with Crippen LogP contribution in [0.5, 0.6) is 0 Å². The first kappa shape index (κ1) is 15.2. The van der Waals surface area contributed by atoms with E-state index >= 15 is 0 Å². The molecule has 4 rings (SSSR count).